The van der Waals surface area contributed by atoms with Gasteiger partial charge in [-0.3, -0.25) is 0 Å². The molecule has 1 aliphatic heterocycles. The molecule has 1 rings (SSSR count). The van der Waals surface area contributed by atoms with Crippen molar-refractivity contribution in [3.8, 4) is 0 Å². The summed E-state index contributed by atoms with van der Waals surface area (Å²) >= 11 is -1.99. The van der Waals surface area contributed by atoms with Crippen LogP contribution in [0.25, 0.3) is 0 Å². The Bertz CT molecular complexity index is 417. The van der Waals surface area contributed by atoms with Crippen molar-refractivity contribution in [1.82, 2.24) is 9.62 Å². The summed E-state index contributed by atoms with van der Waals surface area (Å²) < 4.78 is 1.81. The van der Waals surface area contributed by atoms with E-state index in [9.17, 15) is 0 Å². The van der Waals surface area contributed by atoms with Gasteiger partial charge in [0.1, 0.15) is 0 Å². The second kappa shape index (κ2) is 7.69. The average molecular weight is 397 g/mol. The monoisotopic (exact) mass is 398 g/mol. The zero-order chi connectivity index (χ0) is 16.4. The normalized spacial score (nSPS) is 17.3. The van der Waals surface area contributed by atoms with Gasteiger partial charge in [0.2, 0.25) is 0 Å². The molecule has 0 aromatic rings. The number of rotatable bonds is 5. The quantitative estimate of drug-likeness (QED) is 0.505. The summed E-state index contributed by atoms with van der Waals surface area (Å²) in [5, 5.41) is 0. The van der Waals surface area contributed by atoms with Crippen molar-refractivity contribution < 1.29 is 0 Å². The van der Waals surface area contributed by atoms with Gasteiger partial charge in [0.15, 0.2) is 0 Å². The van der Waals surface area contributed by atoms with Crippen molar-refractivity contribution in [2.45, 2.75) is 55.3 Å². The third kappa shape index (κ3) is 5.44. The molecule has 0 N–H and O–H groups in total. The average Bonchev–Trinajstić information content (AvgIpc) is 2.62. The summed E-state index contributed by atoms with van der Waals surface area (Å²) in [5.74, 6) is 0. The molecule has 0 radical (unpaired) electrons. The van der Waals surface area contributed by atoms with E-state index in [1.54, 1.807) is 11.1 Å². The topological polar surface area (TPSA) is 6.48 Å². The van der Waals surface area contributed by atoms with E-state index >= 15 is 0 Å². The van der Waals surface area contributed by atoms with Crippen molar-refractivity contribution in [3.63, 3.8) is 0 Å². The Labute approximate surface area is 137 Å². The Kier molecular flexibility index (Phi) is 7.07. The van der Waals surface area contributed by atoms with E-state index in [0.717, 1.165) is 0 Å². The van der Waals surface area contributed by atoms with Gasteiger partial charge in [-0.15, -0.1) is 0 Å². The van der Waals surface area contributed by atoms with Gasteiger partial charge in [-0.05, 0) is 0 Å². The van der Waals surface area contributed by atoms with Crippen LogP contribution < -0.4 is 0 Å². The summed E-state index contributed by atoms with van der Waals surface area (Å²) in [6, 6.07) is 0. The number of hydrogen-bond acceptors (Lipinski definition) is 2. The molecule has 0 aromatic heterocycles. The molecule has 0 saturated carbocycles. The Morgan fingerprint density at radius 2 is 1.38 bits per heavy atom. The fourth-order valence-electron chi connectivity index (χ4n) is 3.34. The standard InChI is InChI=1S/C14H26BN2.3CH3.Sn/c1-12(2)7-8-14(13(3)4)11-15-16(5)9-10-17(15)6;;;;/h8-11H2,1-6H3;3*1H3;. The minimum absolute atomic E-state index is 0.587. The number of hydrogen-bond donors (Lipinski definition) is 0. The minimum atomic E-state index is -1.99. The SMILES string of the molecule is CC(C)=C(CB1N(C)CCN1C)C[C](=C(C)C)[Sn]([CH3])([CH3])[CH3]. The molecular formula is C17H35BN2Sn. The molecule has 21 heavy (non-hydrogen) atoms. The van der Waals surface area contributed by atoms with Crippen LogP contribution in [0.3, 0.4) is 0 Å². The van der Waals surface area contributed by atoms with Crippen LogP contribution in [0, 0.1) is 0 Å². The van der Waals surface area contributed by atoms with Crippen molar-refractivity contribution in [3.05, 3.63) is 20.3 Å². The van der Waals surface area contributed by atoms with E-state index in [2.05, 4.69) is 66.2 Å². The van der Waals surface area contributed by atoms with E-state index in [1.165, 1.54) is 31.4 Å². The van der Waals surface area contributed by atoms with Gasteiger partial charge in [-0.1, -0.05) is 0 Å². The molecule has 1 aliphatic rings. The van der Waals surface area contributed by atoms with E-state index in [4.69, 9.17) is 0 Å². The summed E-state index contributed by atoms with van der Waals surface area (Å²) in [6.07, 6.45) is 2.43. The molecule has 120 valence electrons. The third-order valence-electron chi connectivity index (χ3n) is 4.86. The van der Waals surface area contributed by atoms with E-state index < -0.39 is 18.4 Å². The first kappa shape index (κ1) is 19.3. The summed E-state index contributed by atoms with van der Waals surface area (Å²) in [7, 11) is 4.53. The maximum absolute atomic E-state index is 2.55. The first-order valence-electron chi connectivity index (χ1n) is 8.26. The maximum atomic E-state index is 2.55. The molecule has 1 saturated heterocycles. The zero-order valence-electron chi connectivity index (χ0n) is 15.8. The Morgan fingerprint density at radius 3 is 1.71 bits per heavy atom. The van der Waals surface area contributed by atoms with E-state index in [1.807, 2.05) is 3.59 Å². The summed E-state index contributed by atoms with van der Waals surface area (Å²) in [4.78, 5) is 12.7. The van der Waals surface area contributed by atoms with Crippen molar-refractivity contribution in [2.24, 2.45) is 0 Å². The Hall–Kier alpha value is 0.264. The van der Waals surface area contributed by atoms with Crippen molar-refractivity contribution in [1.29, 1.82) is 0 Å². The van der Waals surface area contributed by atoms with Crippen LogP contribution >= 0.6 is 0 Å². The molecule has 0 atom stereocenters. The molecule has 2 nitrogen and oxygen atoms in total. The summed E-state index contributed by atoms with van der Waals surface area (Å²) in [6.45, 7) is 12.2. The van der Waals surface area contributed by atoms with Gasteiger partial charge in [0.25, 0.3) is 0 Å². The number of likely N-dealkylation sites (N-methyl/N-ethyl adjacent to an activating group) is 2. The van der Waals surface area contributed by atoms with Crippen molar-refractivity contribution in [2.75, 3.05) is 27.2 Å². The van der Waals surface area contributed by atoms with Gasteiger partial charge < -0.3 is 0 Å². The number of nitrogens with zero attached hydrogens (tertiary/aromatic N) is 2. The third-order valence-corrected chi connectivity index (χ3v) is 12.0. The second-order valence-corrected chi connectivity index (χ2v) is 22.7. The predicted molar refractivity (Wildman–Crippen MR) is 101 cm³/mol. The fourth-order valence-corrected chi connectivity index (χ4v) is 9.74. The van der Waals surface area contributed by atoms with Crippen LogP contribution in [-0.2, 0) is 0 Å². The molecule has 0 spiro atoms. The van der Waals surface area contributed by atoms with Crippen LogP contribution in [-0.4, -0.2) is 62.2 Å². The first-order valence-corrected chi connectivity index (χ1v) is 18.3. The van der Waals surface area contributed by atoms with Gasteiger partial charge in [-0.2, -0.15) is 0 Å². The second-order valence-electron chi connectivity index (χ2n) is 8.15. The predicted octanol–water partition coefficient (Wildman–Crippen LogP) is 4.29. The molecule has 1 heterocycles. The first-order chi connectivity index (χ1) is 9.54. The molecule has 0 unspecified atom stereocenters. The van der Waals surface area contributed by atoms with Crippen molar-refractivity contribution >= 4 is 25.4 Å². The zero-order valence-corrected chi connectivity index (χ0v) is 18.7. The van der Waals surface area contributed by atoms with E-state index in [-0.39, 0.29) is 0 Å². The van der Waals surface area contributed by atoms with E-state index in [0.29, 0.717) is 6.98 Å². The molecule has 0 aromatic carbocycles. The van der Waals surface area contributed by atoms with Crippen LogP contribution in [0.1, 0.15) is 34.1 Å². The van der Waals surface area contributed by atoms with Crippen LogP contribution in [0.2, 0.25) is 21.1 Å². The van der Waals surface area contributed by atoms with Gasteiger partial charge in [0.05, 0.1) is 0 Å². The van der Waals surface area contributed by atoms with Crippen LogP contribution in [0.15, 0.2) is 20.3 Å². The van der Waals surface area contributed by atoms with Crippen LogP contribution in [0.4, 0.5) is 0 Å². The Morgan fingerprint density at radius 1 is 0.905 bits per heavy atom. The molecule has 0 bridgehead atoms. The Balaban J connectivity index is 2.95. The van der Waals surface area contributed by atoms with Gasteiger partial charge >= 0.3 is 138 Å². The molecular weight excluding hydrogens is 362 g/mol. The number of allylic oxidation sites excluding steroid dienone is 4. The summed E-state index contributed by atoms with van der Waals surface area (Å²) in [5.41, 5.74) is 4.77. The molecule has 4 heteroatoms. The molecule has 0 amide bonds. The van der Waals surface area contributed by atoms with Crippen LogP contribution in [0.5, 0.6) is 0 Å². The van der Waals surface area contributed by atoms with Gasteiger partial charge in [-0.25, -0.2) is 0 Å². The fraction of sp³-hybridized carbons (Fsp3) is 0.765. The van der Waals surface area contributed by atoms with Gasteiger partial charge in [0, 0.05) is 0 Å². The molecule has 1 fully saturated rings. The molecule has 0 aliphatic carbocycles.